The topological polar surface area (TPSA) is 51.2 Å². The summed E-state index contributed by atoms with van der Waals surface area (Å²) in [6.45, 7) is 9.58. The largest absolute Gasteiger partial charge is 0.390 e. The monoisotopic (exact) mass is 341 g/mol. The van der Waals surface area contributed by atoms with Gasteiger partial charge in [-0.1, -0.05) is 33.6 Å². The molecule has 5 nitrogen and oxygen atoms in total. The smallest absolute Gasteiger partial charge is 0.166 e. The Bertz CT molecular complexity index is 412. The molecular weight excluding hydrogens is 306 g/mol. The van der Waals surface area contributed by atoms with Crippen molar-refractivity contribution in [1.82, 2.24) is 4.90 Å². The van der Waals surface area contributed by atoms with Crippen LogP contribution in [0.4, 0.5) is 0 Å². The molecule has 140 valence electrons. The molecule has 0 radical (unpaired) electrons. The molecule has 5 heteroatoms. The maximum absolute atomic E-state index is 10.9. The van der Waals surface area contributed by atoms with Crippen LogP contribution in [0.1, 0.15) is 52.9 Å². The number of hydrogen-bond donors (Lipinski definition) is 1. The minimum absolute atomic E-state index is 0.128. The minimum Gasteiger partial charge on any atom is -0.390 e. The second kappa shape index (κ2) is 7.58. The molecule has 0 aromatic heterocycles. The molecule has 1 saturated carbocycles. The predicted molar refractivity (Wildman–Crippen MR) is 92.5 cm³/mol. The van der Waals surface area contributed by atoms with E-state index in [1.54, 1.807) is 7.11 Å². The summed E-state index contributed by atoms with van der Waals surface area (Å²) in [4.78, 5) is 2.50. The Kier molecular flexibility index (Phi) is 5.87. The summed E-state index contributed by atoms with van der Waals surface area (Å²) in [6, 6.07) is 0. The summed E-state index contributed by atoms with van der Waals surface area (Å²) < 4.78 is 18.0. The van der Waals surface area contributed by atoms with Crippen molar-refractivity contribution in [1.29, 1.82) is 0 Å². The number of aliphatic hydroxyl groups excluding tert-OH is 1. The van der Waals surface area contributed by atoms with E-state index in [4.69, 9.17) is 14.2 Å². The number of rotatable bonds is 9. The third-order valence-corrected chi connectivity index (χ3v) is 6.45. The van der Waals surface area contributed by atoms with Crippen molar-refractivity contribution < 1.29 is 19.3 Å². The Labute approximate surface area is 146 Å². The summed E-state index contributed by atoms with van der Waals surface area (Å²) in [5, 5.41) is 10.9. The summed E-state index contributed by atoms with van der Waals surface area (Å²) in [6.07, 6.45) is 4.64. The van der Waals surface area contributed by atoms with Crippen molar-refractivity contribution in [3.05, 3.63) is 0 Å². The molecule has 0 amide bonds. The van der Waals surface area contributed by atoms with E-state index in [0.29, 0.717) is 11.8 Å². The first-order chi connectivity index (χ1) is 11.6. The molecule has 1 N–H and O–H groups in total. The van der Waals surface area contributed by atoms with Crippen LogP contribution < -0.4 is 0 Å². The fourth-order valence-electron chi connectivity index (χ4n) is 5.05. The van der Waals surface area contributed by atoms with Crippen LogP contribution in [-0.4, -0.2) is 61.0 Å². The van der Waals surface area contributed by atoms with E-state index in [1.807, 2.05) is 0 Å². The van der Waals surface area contributed by atoms with Crippen LogP contribution in [0.2, 0.25) is 0 Å². The number of hydrogen-bond acceptors (Lipinski definition) is 5. The van der Waals surface area contributed by atoms with E-state index in [-0.39, 0.29) is 18.5 Å². The zero-order valence-electron chi connectivity index (χ0n) is 15.7. The van der Waals surface area contributed by atoms with Crippen LogP contribution in [0.3, 0.4) is 0 Å². The Balaban J connectivity index is 1.80. The highest BCUT2D eigenvalue weighted by Crippen LogP contribution is 2.58. The second-order valence-electron chi connectivity index (χ2n) is 7.96. The molecule has 7 atom stereocenters. The van der Waals surface area contributed by atoms with E-state index in [0.717, 1.165) is 26.1 Å². The van der Waals surface area contributed by atoms with Gasteiger partial charge in [0, 0.05) is 25.5 Å². The van der Waals surface area contributed by atoms with Crippen molar-refractivity contribution in [3.8, 4) is 0 Å². The van der Waals surface area contributed by atoms with Gasteiger partial charge in [-0.3, -0.25) is 0 Å². The summed E-state index contributed by atoms with van der Waals surface area (Å²) in [5.41, 5.74) is -0.526. The molecule has 3 aliphatic heterocycles. The Morgan fingerprint density at radius 2 is 1.88 bits per heavy atom. The van der Waals surface area contributed by atoms with Crippen LogP contribution in [0.25, 0.3) is 0 Å². The number of ether oxygens (including phenoxy) is 3. The molecule has 0 aromatic rings. The summed E-state index contributed by atoms with van der Waals surface area (Å²) >= 11 is 0. The third kappa shape index (κ3) is 3.03. The average Bonchev–Trinajstić information content (AvgIpc) is 2.84. The van der Waals surface area contributed by atoms with Gasteiger partial charge in [-0.25, -0.2) is 0 Å². The highest BCUT2D eigenvalue weighted by Gasteiger charge is 2.69. The third-order valence-electron chi connectivity index (χ3n) is 6.45. The fraction of sp³-hybridized carbons (Fsp3) is 1.00. The quantitative estimate of drug-likeness (QED) is 0.699. The zero-order chi connectivity index (χ0) is 17.3. The van der Waals surface area contributed by atoms with Gasteiger partial charge in [-0.2, -0.15) is 0 Å². The number of fused-ring (bicyclic) bond motifs is 1. The van der Waals surface area contributed by atoms with Crippen molar-refractivity contribution in [2.45, 2.75) is 77.2 Å². The molecule has 6 unspecified atom stereocenters. The van der Waals surface area contributed by atoms with Crippen molar-refractivity contribution in [2.24, 2.45) is 17.8 Å². The van der Waals surface area contributed by atoms with E-state index in [9.17, 15) is 5.11 Å². The number of methoxy groups -OCH3 is 1. The lowest BCUT2D eigenvalue weighted by Gasteiger charge is -2.56. The molecule has 4 fully saturated rings. The van der Waals surface area contributed by atoms with Gasteiger partial charge >= 0.3 is 0 Å². The molecule has 4 rings (SSSR count). The maximum Gasteiger partial charge on any atom is 0.166 e. The minimum atomic E-state index is -0.526. The van der Waals surface area contributed by atoms with Gasteiger partial charge in [-0.15, -0.1) is 0 Å². The van der Waals surface area contributed by atoms with E-state index in [1.165, 1.54) is 25.7 Å². The van der Waals surface area contributed by atoms with Crippen LogP contribution >= 0.6 is 0 Å². The molecule has 0 aromatic carbocycles. The second-order valence-corrected chi connectivity index (χ2v) is 7.96. The molecular formula is C19H35NO4. The number of nitrogens with zero attached hydrogens (tertiary/aromatic N) is 1. The van der Waals surface area contributed by atoms with Gasteiger partial charge in [0.2, 0.25) is 0 Å². The molecule has 4 bridgehead atoms. The summed E-state index contributed by atoms with van der Waals surface area (Å²) in [7, 11) is 1.71. The fourth-order valence-corrected chi connectivity index (χ4v) is 5.05. The lowest BCUT2D eigenvalue weighted by atomic mass is 9.73. The Morgan fingerprint density at radius 3 is 2.46 bits per heavy atom. The van der Waals surface area contributed by atoms with Crippen molar-refractivity contribution >= 4 is 0 Å². The molecule has 24 heavy (non-hydrogen) atoms. The predicted octanol–water partition coefficient (Wildman–Crippen LogP) is 2.62. The first-order valence-corrected chi connectivity index (χ1v) is 9.83. The number of unbranched alkanes of at least 4 members (excludes halogenated alkanes) is 2. The first-order valence-electron chi connectivity index (χ1n) is 9.83. The zero-order valence-corrected chi connectivity index (χ0v) is 15.7. The van der Waals surface area contributed by atoms with E-state index < -0.39 is 11.7 Å². The molecule has 4 aliphatic rings. The summed E-state index contributed by atoms with van der Waals surface area (Å²) in [5.74, 6) is 0.881. The SMILES string of the molecule is CCCCN(CCCC)CC12OC3OC(OC)C1C(C[C@H]2O)C3C. The Morgan fingerprint density at radius 1 is 1.21 bits per heavy atom. The van der Waals surface area contributed by atoms with Gasteiger partial charge in [0.25, 0.3) is 0 Å². The highest BCUT2D eigenvalue weighted by molar-refractivity contribution is 5.13. The van der Waals surface area contributed by atoms with Crippen LogP contribution in [0.15, 0.2) is 0 Å². The average molecular weight is 341 g/mol. The lowest BCUT2D eigenvalue weighted by molar-refractivity contribution is -0.410. The van der Waals surface area contributed by atoms with Crippen LogP contribution in [-0.2, 0) is 14.2 Å². The van der Waals surface area contributed by atoms with Gasteiger partial charge in [0.1, 0.15) is 5.60 Å². The maximum atomic E-state index is 10.9. The first kappa shape index (κ1) is 18.6. The standard InChI is InChI=1S/C19H35NO4/c1-5-7-9-20(10-8-6-2)12-19-15(21)11-14-13(3)17(24-19)23-18(22-4)16(14)19/h13-18,21H,5-12H2,1-4H3/t13?,14?,15-,16?,17?,18?,19?/m1/s1. The van der Waals surface area contributed by atoms with Crippen molar-refractivity contribution in [3.63, 3.8) is 0 Å². The Hall–Kier alpha value is -0.200. The van der Waals surface area contributed by atoms with Crippen LogP contribution in [0.5, 0.6) is 0 Å². The van der Waals surface area contributed by atoms with Crippen LogP contribution in [0, 0.1) is 17.8 Å². The van der Waals surface area contributed by atoms with Gasteiger partial charge in [0.15, 0.2) is 12.6 Å². The van der Waals surface area contributed by atoms with Gasteiger partial charge in [0.05, 0.1) is 6.10 Å². The molecule has 3 saturated heterocycles. The van der Waals surface area contributed by atoms with E-state index in [2.05, 4.69) is 25.7 Å². The highest BCUT2D eigenvalue weighted by atomic mass is 16.8. The molecule has 1 aliphatic carbocycles. The number of aliphatic hydroxyl groups is 1. The van der Waals surface area contributed by atoms with Gasteiger partial charge in [-0.05, 0) is 38.3 Å². The lowest BCUT2D eigenvalue weighted by Crippen LogP contribution is -2.68. The van der Waals surface area contributed by atoms with Crippen molar-refractivity contribution in [2.75, 3.05) is 26.7 Å². The molecule has 3 heterocycles. The normalized spacial score (nSPS) is 43.8. The van der Waals surface area contributed by atoms with E-state index >= 15 is 0 Å². The molecule has 0 spiro atoms. The van der Waals surface area contributed by atoms with Gasteiger partial charge < -0.3 is 24.2 Å².